The van der Waals surface area contributed by atoms with Crippen LogP contribution in [0.4, 0.5) is 0 Å². The highest BCUT2D eigenvalue weighted by Crippen LogP contribution is 2.21. The lowest BCUT2D eigenvalue weighted by Crippen LogP contribution is -2.25. The molecule has 0 aliphatic rings. The molecule has 5 heteroatoms. The Labute approximate surface area is 118 Å². The first kappa shape index (κ1) is 15.5. The maximum Gasteiger partial charge on any atom is 0.220 e. The minimum Gasteiger partial charge on any atom is -0.356 e. The molecule has 18 heavy (non-hydrogen) atoms. The molecule has 3 N–H and O–H groups in total. The molecular weight excluding hydrogens is 268 g/mol. The van der Waals surface area contributed by atoms with E-state index in [4.69, 9.17) is 17.3 Å². The number of thiophene rings is 1. The van der Waals surface area contributed by atoms with Gasteiger partial charge in [-0.05, 0) is 43.9 Å². The molecule has 1 rings (SSSR count). The van der Waals surface area contributed by atoms with Crippen LogP contribution in [0.25, 0.3) is 0 Å². The molecule has 102 valence electrons. The van der Waals surface area contributed by atoms with Crippen LogP contribution in [0.5, 0.6) is 0 Å². The first-order chi connectivity index (χ1) is 8.61. The van der Waals surface area contributed by atoms with Gasteiger partial charge in [-0.2, -0.15) is 0 Å². The van der Waals surface area contributed by atoms with Crippen molar-refractivity contribution in [1.82, 2.24) is 5.32 Å². The molecule has 0 saturated heterocycles. The van der Waals surface area contributed by atoms with Crippen molar-refractivity contribution in [1.29, 1.82) is 0 Å². The van der Waals surface area contributed by atoms with Gasteiger partial charge in [-0.1, -0.05) is 18.5 Å². The highest BCUT2D eigenvalue weighted by Gasteiger charge is 2.06. The number of nitrogens with one attached hydrogen (secondary N) is 1. The Hall–Kier alpha value is -0.580. The van der Waals surface area contributed by atoms with Crippen LogP contribution >= 0.6 is 22.9 Å². The van der Waals surface area contributed by atoms with Gasteiger partial charge in [-0.25, -0.2) is 0 Å². The van der Waals surface area contributed by atoms with Gasteiger partial charge in [0.2, 0.25) is 5.91 Å². The van der Waals surface area contributed by atoms with Gasteiger partial charge in [0, 0.05) is 17.8 Å². The number of nitrogens with two attached hydrogens (primary N) is 1. The highest BCUT2D eigenvalue weighted by molar-refractivity contribution is 7.16. The van der Waals surface area contributed by atoms with E-state index >= 15 is 0 Å². The summed E-state index contributed by atoms with van der Waals surface area (Å²) >= 11 is 7.40. The Morgan fingerprint density at radius 3 is 2.89 bits per heavy atom. The van der Waals surface area contributed by atoms with Gasteiger partial charge in [0.15, 0.2) is 0 Å². The summed E-state index contributed by atoms with van der Waals surface area (Å²) in [5, 5.41) is 2.93. The first-order valence-electron chi connectivity index (χ1n) is 6.32. The van der Waals surface area contributed by atoms with Crippen molar-refractivity contribution >= 4 is 28.8 Å². The van der Waals surface area contributed by atoms with E-state index in [9.17, 15) is 4.79 Å². The fourth-order valence-electron chi connectivity index (χ4n) is 1.71. The molecular formula is C13H21ClN2OS. The van der Waals surface area contributed by atoms with Crippen molar-refractivity contribution in [2.45, 2.75) is 32.6 Å². The average molecular weight is 289 g/mol. The van der Waals surface area contributed by atoms with Crippen LogP contribution in [0.15, 0.2) is 12.1 Å². The van der Waals surface area contributed by atoms with Crippen LogP contribution in [0.3, 0.4) is 0 Å². The SMILES string of the molecule is CC(CCN)CCC(=O)NCCc1ccc(Cl)s1. The zero-order valence-corrected chi connectivity index (χ0v) is 12.3. The fraction of sp³-hybridized carbons (Fsp3) is 0.615. The Kier molecular flexibility index (Phi) is 7.32. The number of halogens is 1. The van der Waals surface area contributed by atoms with Crippen molar-refractivity contribution in [3.8, 4) is 0 Å². The number of carbonyl (C=O) groups excluding carboxylic acids is 1. The van der Waals surface area contributed by atoms with Gasteiger partial charge in [-0.15, -0.1) is 11.3 Å². The summed E-state index contributed by atoms with van der Waals surface area (Å²) in [6.07, 6.45) is 3.34. The molecule has 1 heterocycles. The van der Waals surface area contributed by atoms with Crippen LogP contribution in [0.2, 0.25) is 4.34 Å². The van der Waals surface area contributed by atoms with E-state index in [1.807, 2.05) is 12.1 Å². The molecule has 1 amide bonds. The van der Waals surface area contributed by atoms with E-state index in [1.165, 1.54) is 4.88 Å². The number of rotatable bonds is 8. The molecule has 0 aliphatic carbocycles. The molecule has 1 aromatic heterocycles. The third-order valence-electron chi connectivity index (χ3n) is 2.85. The van der Waals surface area contributed by atoms with E-state index < -0.39 is 0 Å². The molecule has 1 unspecified atom stereocenters. The molecule has 0 spiro atoms. The summed E-state index contributed by atoms with van der Waals surface area (Å²) in [4.78, 5) is 12.8. The maximum atomic E-state index is 11.6. The second-order valence-corrected chi connectivity index (χ2v) is 6.33. The van der Waals surface area contributed by atoms with E-state index in [-0.39, 0.29) is 5.91 Å². The maximum absolute atomic E-state index is 11.6. The average Bonchev–Trinajstić information content (AvgIpc) is 2.73. The molecule has 0 saturated carbocycles. The fourth-order valence-corrected chi connectivity index (χ4v) is 2.79. The second-order valence-electron chi connectivity index (χ2n) is 4.53. The van der Waals surface area contributed by atoms with Crippen LogP contribution in [-0.4, -0.2) is 19.0 Å². The third kappa shape index (κ3) is 6.38. The highest BCUT2D eigenvalue weighted by atomic mass is 35.5. The Bertz CT molecular complexity index is 368. The molecule has 0 radical (unpaired) electrons. The van der Waals surface area contributed by atoms with Gasteiger partial charge < -0.3 is 11.1 Å². The molecule has 0 fully saturated rings. The standard InChI is InChI=1S/C13H21ClN2OS/c1-10(6-8-15)2-5-13(17)16-9-7-11-3-4-12(14)18-11/h3-4,10H,2,5-9,15H2,1H3,(H,16,17). The minimum atomic E-state index is 0.126. The van der Waals surface area contributed by atoms with Crippen molar-refractivity contribution < 1.29 is 4.79 Å². The van der Waals surface area contributed by atoms with Crippen molar-refractivity contribution in [3.63, 3.8) is 0 Å². The van der Waals surface area contributed by atoms with Crippen LogP contribution in [-0.2, 0) is 11.2 Å². The summed E-state index contributed by atoms with van der Waals surface area (Å²) in [7, 11) is 0. The van der Waals surface area contributed by atoms with Gasteiger partial charge in [0.1, 0.15) is 0 Å². The molecule has 3 nitrogen and oxygen atoms in total. The lowest BCUT2D eigenvalue weighted by Gasteiger charge is -2.09. The largest absolute Gasteiger partial charge is 0.356 e. The Morgan fingerprint density at radius 2 is 2.28 bits per heavy atom. The van der Waals surface area contributed by atoms with Crippen LogP contribution in [0.1, 0.15) is 31.1 Å². The zero-order valence-electron chi connectivity index (χ0n) is 10.7. The topological polar surface area (TPSA) is 55.1 Å². The smallest absolute Gasteiger partial charge is 0.220 e. The van der Waals surface area contributed by atoms with Crippen molar-refractivity contribution in [2.75, 3.05) is 13.1 Å². The van der Waals surface area contributed by atoms with E-state index in [2.05, 4.69) is 12.2 Å². The van der Waals surface area contributed by atoms with E-state index in [0.29, 0.717) is 25.4 Å². The summed E-state index contributed by atoms with van der Waals surface area (Å²) in [6.45, 7) is 3.51. The summed E-state index contributed by atoms with van der Waals surface area (Å²) in [5.41, 5.74) is 5.47. The summed E-state index contributed by atoms with van der Waals surface area (Å²) in [5.74, 6) is 0.651. The molecule has 0 aliphatic heterocycles. The molecule has 0 bridgehead atoms. The quantitative estimate of drug-likeness (QED) is 0.773. The monoisotopic (exact) mass is 288 g/mol. The van der Waals surface area contributed by atoms with Gasteiger partial charge in [0.25, 0.3) is 0 Å². The summed E-state index contributed by atoms with van der Waals surface area (Å²) < 4.78 is 0.798. The van der Waals surface area contributed by atoms with Crippen molar-refractivity contribution in [2.24, 2.45) is 11.7 Å². The van der Waals surface area contributed by atoms with Gasteiger partial charge >= 0.3 is 0 Å². The van der Waals surface area contributed by atoms with Crippen molar-refractivity contribution in [3.05, 3.63) is 21.3 Å². The van der Waals surface area contributed by atoms with Gasteiger partial charge in [0.05, 0.1) is 4.34 Å². The number of amides is 1. The van der Waals surface area contributed by atoms with E-state index in [1.54, 1.807) is 11.3 Å². The number of carbonyl (C=O) groups is 1. The van der Waals surface area contributed by atoms with Crippen LogP contribution < -0.4 is 11.1 Å². The molecule has 1 atom stereocenters. The minimum absolute atomic E-state index is 0.126. The number of hydrogen-bond donors (Lipinski definition) is 2. The molecule has 1 aromatic rings. The Morgan fingerprint density at radius 1 is 1.50 bits per heavy atom. The van der Waals surface area contributed by atoms with Crippen LogP contribution in [0, 0.1) is 5.92 Å². The predicted molar refractivity (Wildman–Crippen MR) is 78.1 cm³/mol. The normalized spacial score (nSPS) is 12.4. The first-order valence-corrected chi connectivity index (χ1v) is 7.52. The predicted octanol–water partition coefficient (Wildman–Crippen LogP) is 2.83. The lowest BCUT2D eigenvalue weighted by atomic mass is 10.0. The molecule has 0 aromatic carbocycles. The third-order valence-corrected chi connectivity index (χ3v) is 4.14. The summed E-state index contributed by atoms with van der Waals surface area (Å²) in [6, 6.07) is 3.89. The van der Waals surface area contributed by atoms with E-state index in [0.717, 1.165) is 23.6 Å². The Balaban J connectivity index is 2.10. The second kappa shape index (κ2) is 8.51. The number of hydrogen-bond acceptors (Lipinski definition) is 3. The zero-order chi connectivity index (χ0) is 13.4. The van der Waals surface area contributed by atoms with Gasteiger partial charge in [-0.3, -0.25) is 4.79 Å². The lowest BCUT2D eigenvalue weighted by molar-refractivity contribution is -0.121.